The first-order chi connectivity index (χ1) is 46.7. The predicted octanol–water partition coefficient (Wildman–Crippen LogP) is 35.0. The van der Waals surface area contributed by atoms with Crippen molar-refractivity contribution in [1.82, 2.24) is 0 Å². The Hall–Kier alpha value is 0.110. The van der Waals surface area contributed by atoms with Crippen molar-refractivity contribution in [2.24, 2.45) is 0 Å². The molecule has 572 valence electrons. The highest BCUT2D eigenvalue weighted by Crippen LogP contribution is 2.64. The first-order valence-corrected chi connectivity index (χ1v) is 46.8. The highest BCUT2D eigenvalue weighted by atomic mass is 31.2. The lowest BCUT2D eigenvalue weighted by Gasteiger charge is -2.45. The smallest absolute Gasteiger partial charge is 0.280 e. The summed E-state index contributed by atoms with van der Waals surface area (Å²) in [4.78, 5) is 0. The van der Waals surface area contributed by atoms with E-state index >= 15 is 4.57 Å². The zero-order valence-electron chi connectivity index (χ0n) is 67.7. The van der Waals surface area contributed by atoms with E-state index in [4.69, 9.17) is 13.6 Å². The molecule has 0 aliphatic heterocycles. The van der Waals surface area contributed by atoms with Crippen molar-refractivity contribution < 1.29 is 18.1 Å². The molecule has 0 radical (unpaired) electrons. The van der Waals surface area contributed by atoms with E-state index in [2.05, 4.69) is 62.3 Å². The van der Waals surface area contributed by atoms with Gasteiger partial charge < -0.3 is 0 Å². The minimum Gasteiger partial charge on any atom is -0.280 e. The molecule has 0 atom stereocenters. The molecule has 0 aliphatic rings. The van der Waals surface area contributed by atoms with Crippen molar-refractivity contribution in [3.05, 3.63) is 0 Å². The highest BCUT2D eigenvalue weighted by molar-refractivity contribution is 7.48. The van der Waals surface area contributed by atoms with Gasteiger partial charge in [0.2, 0.25) is 0 Å². The van der Waals surface area contributed by atoms with Crippen LogP contribution in [0.25, 0.3) is 0 Å². The molecule has 0 spiro atoms. The van der Waals surface area contributed by atoms with Crippen LogP contribution in [0.2, 0.25) is 0 Å². The molecule has 0 N–H and O–H groups in total. The largest absolute Gasteiger partial charge is 0.476 e. The molecule has 0 fully saturated rings. The Labute approximate surface area is 602 Å². The zero-order chi connectivity index (χ0) is 69.3. The van der Waals surface area contributed by atoms with Crippen molar-refractivity contribution in [3.8, 4) is 0 Å². The molecule has 0 unspecified atom stereocenters. The lowest BCUT2D eigenvalue weighted by Crippen LogP contribution is -2.40. The Morgan fingerprint density at radius 1 is 0.147 bits per heavy atom. The minimum absolute atomic E-state index is 0.516. The van der Waals surface area contributed by atoms with Crippen LogP contribution < -0.4 is 0 Å². The van der Waals surface area contributed by atoms with E-state index in [-0.39, 0.29) is 0 Å². The topological polar surface area (TPSA) is 44.8 Å². The van der Waals surface area contributed by atoms with Crippen LogP contribution in [0.3, 0.4) is 0 Å². The van der Waals surface area contributed by atoms with Gasteiger partial charge in [-0.2, -0.15) is 0 Å². The minimum atomic E-state index is -4.21. The van der Waals surface area contributed by atoms with Crippen LogP contribution in [-0.2, 0) is 18.1 Å². The number of unbranched alkanes of at least 4 members (excludes halogenated alkanes) is 60. The Balaban J connectivity index is 8.17. The normalized spacial score (nSPS) is 12.6. The predicted molar refractivity (Wildman–Crippen MR) is 430 cm³/mol. The number of hydrogen-bond acceptors (Lipinski definition) is 4. The van der Waals surface area contributed by atoms with Gasteiger partial charge in [0.05, 0.1) is 16.8 Å². The quantitative estimate of drug-likeness (QED) is 0.0450. The van der Waals surface area contributed by atoms with Crippen LogP contribution in [-0.4, -0.2) is 16.8 Å². The van der Waals surface area contributed by atoms with Gasteiger partial charge in [0.25, 0.3) is 0 Å². The average molecular weight is 1360 g/mol. The van der Waals surface area contributed by atoms with Gasteiger partial charge in [0.1, 0.15) is 0 Å². The Morgan fingerprint density at radius 3 is 0.347 bits per heavy atom. The molecule has 95 heavy (non-hydrogen) atoms. The van der Waals surface area contributed by atoms with Crippen LogP contribution in [0.15, 0.2) is 0 Å². The number of rotatable bonds is 84. The van der Waals surface area contributed by atoms with E-state index in [1.165, 1.54) is 385 Å². The molecule has 5 heteroatoms. The number of phosphoric acid groups is 1. The van der Waals surface area contributed by atoms with Crippen LogP contribution in [0.1, 0.15) is 563 Å². The maximum absolute atomic E-state index is 18.0. The molecule has 0 amide bonds. The van der Waals surface area contributed by atoms with E-state index in [0.717, 1.165) is 116 Å². The first kappa shape index (κ1) is 95.1. The molecule has 0 aromatic rings. The monoisotopic (exact) mass is 1360 g/mol. The Bertz CT molecular complexity index is 1250. The summed E-state index contributed by atoms with van der Waals surface area (Å²) >= 11 is 0. The van der Waals surface area contributed by atoms with Crippen LogP contribution in [0.4, 0.5) is 0 Å². The molecular formula is C90H183O4P. The molecule has 0 aliphatic carbocycles. The Morgan fingerprint density at radius 2 is 0.232 bits per heavy atom. The van der Waals surface area contributed by atoms with Gasteiger partial charge in [0.15, 0.2) is 0 Å². The van der Waals surface area contributed by atoms with E-state index in [0.29, 0.717) is 0 Å². The number of phosphoric ester groups is 1. The second kappa shape index (κ2) is 73.8. The second-order valence-corrected chi connectivity index (χ2v) is 33.7. The van der Waals surface area contributed by atoms with Gasteiger partial charge in [-0.3, -0.25) is 13.6 Å². The van der Waals surface area contributed by atoms with Gasteiger partial charge in [-0.05, 0) is 57.8 Å². The van der Waals surface area contributed by atoms with Gasteiger partial charge in [0, 0.05) is 0 Å². The fourth-order valence-corrected chi connectivity index (χ4v) is 18.4. The summed E-state index contributed by atoms with van der Waals surface area (Å²) in [6.45, 7) is 21.2. The molecule has 0 bridgehead atoms. The average Bonchev–Trinajstić information content (AvgIpc) is 0.783. The third kappa shape index (κ3) is 61.3. The van der Waals surface area contributed by atoms with E-state index < -0.39 is 24.6 Å². The summed E-state index contributed by atoms with van der Waals surface area (Å²) in [5.41, 5.74) is -1.55. The summed E-state index contributed by atoms with van der Waals surface area (Å²) in [5.74, 6) is 0. The van der Waals surface area contributed by atoms with Crippen molar-refractivity contribution in [1.29, 1.82) is 0 Å². The summed E-state index contributed by atoms with van der Waals surface area (Å²) in [6, 6.07) is 0. The third-order valence-corrected chi connectivity index (χ3v) is 24.4. The van der Waals surface area contributed by atoms with E-state index in [9.17, 15) is 0 Å². The molecule has 0 aromatic heterocycles. The molecular weight excluding hydrogens is 1180 g/mol. The SMILES string of the molecule is CCCCCCCCCCCCC(CCCCC)(CCCCCCCCCCCC)OP(=O)(OC(CCCCC)(CCCCCCCCCCCC)CCCCCCCCCCCC)OC(CCCCC)(CCCCCCCCCCCC)CCCCCCCCCCCC. The zero-order valence-corrected chi connectivity index (χ0v) is 68.6. The maximum Gasteiger partial charge on any atom is 0.476 e. The van der Waals surface area contributed by atoms with Crippen LogP contribution >= 0.6 is 7.82 Å². The van der Waals surface area contributed by atoms with Crippen molar-refractivity contribution in [2.75, 3.05) is 0 Å². The van der Waals surface area contributed by atoms with Crippen LogP contribution in [0, 0.1) is 0 Å². The van der Waals surface area contributed by atoms with Crippen LogP contribution in [0.5, 0.6) is 0 Å². The van der Waals surface area contributed by atoms with Gasteiger partial charge in [-0.15, -0.1) is 0 Å². The molecule has 0 saturated carbocycles. The van der Waals surface area contributed by atoms with Gasteiger partial charge >= 0.3 is 7.82 Å². The van der Waals surface area contributed by atoms with Gasteiger partial charge in [-0.1, -0.05) is 505 Å². The van der Waals surface area contributed by atoms with Gasteiger partial charge in [-0.25, -0.2) is 4.57 Å². The van der Waals surface area contributed by atoms with Crippen molar-refractivity contribution in [2.45, 2.75) is 580 Å². The lowest BCUT2D eigenvalue weighted by atomic mass is 9.85. The standard InChI is InChI=1S/C90H183O4P/c1-10-19-28-34-40-46-52-58-64-73-82-88(79-70-25-16-7,83-74-65-59-53-47-41-35-29-20-11-2)92-95(91,93-89(80-71-26-17-8,84-75-66-60-54-48-42-36-30-21-12-3)85-76-67-61-55-49-43-37-31-22-13-4)94-90(81-72-27-18-9,86-77-68-62-56-50-44-38-32-23-14-5)87-78-69-63-57-51-45-39-33-24-15-6/h10-87H2,1-9H3. The maximum atomic E-state index is 18.0. The Kier molecular flexibility index (Phi) is 73.9. The molecule has 0 heterocycles. The molecule has 0 saturated heterocycles. The third-order valence-electron chi connectivity index (χ3n) is 22.5. The number of hydrogen-bond donors (Lipinski definition) is 0. The first-order valence-electron chi connectivity index (χ1n) is 45.4. The lowest BCUT2D eigenvalue weighted by molar-refractivity contribution is -0.0909. The molecule has 0 rings (SSSR count). The summed E-state index contributed by atoms with van der Waals surface area (Å²) < 4.78 is 42.5. The van der Waals surface area contributed by atoms with E-state index in [1.54, 1.807) is 0 Å². The summed E-state index contributed by atoms with van der Waals surface area (Å²) in [7, 11) is -4.21. The summed E-state index contributed by atoms with van der Waals surface area (Å²) in [6.07, 6.45) is 99.2. The molecule has 4 nitrogen and oxygen atoms in total. The summed E-state index contributed by atoms with van der Waals surface area (Å²) in [5, 5.41) is 0. The fraction of sp³-hybridized carbons (Fsp3) is 1.00. The van der Waals surface area contributed by atoms with E-state index in [1.807, 2.05) is 0 Å². The highest BCUT2D eigenvalue weighted by Gasteiger charge is 2.50. The van der Waals surface area contributed by atoms with Crippen molar-refractivity contribution in [3.63, 3.8) is 0 Å². The van der Waals surface area contributed by atoms with Crippen molar-refractivity contribution >= 4 is 7.82 Å². The fourth-order valence-electron chi connectivity index (χ4n) is 16.0. The molecule has 0 aromatic carbocycles. The second-order valence-electron chi connectivity index (χ2n) is 32.2.